The number of fused-ring (bicyclic) bond motifs is 1. The predicted octanol–water partition coefficient (Wildman–Crippen LogP) is 2.13. The molecule has 24 heavy (non-hydrogen) atoms. The molecule has 7 heteroatoms. The van der Waals surface area contributed by atoms with Crippen LogP contribution in [0.5, 0.6) is 0 Å². The van der Waals surface area contributed by atoms with Gasteiger partial charge < -0.3 is 9.42 Å². The number of hydrogen-bond donors (Lipinski definition) is 0. The van der Waals surface area contributed by atoms with E-state index in [0.717, 1.165) is 30.3 Å². The zero-order chi connectivity index (χ0) is 16.5. The minimum absolute atomic E-state index is 0.0776. The number of hydrogen-bond acceptors (Lipinski definition) is 5. The lowest BCUT2D eigenvalue weighted by Crippen LogP contribution is -2.41. The van der Waals surface area contributed by atoms with Gasteiger partial charge in [-0.25, -0.2) is 0 Å². The standard InChI is InChI=1S/C17H19N5O2/c1-12-19-17(20-24-12)14-6-4-8-21(10-14)16(23)11-22-15-7-3-2-5-13(15)9-18-22/h2-3,5,7,9,14H,4,6,8,10-11H2,1H3/t14-/m1/s1. The van der Waals surface area contributed by atoms with Crippen LogP contribution >= 0.6 is 0 Å². The number of amides is 1. The van der Waals surface area contributed by atoms with Crippen molar-refractivity contribution in [3.8, 4) is 0 Å². The Morgan fingerprint density at radius 3 is 3.08 bits per heavy atom. The number of nitrogens with zero attached hydrogens (tertiary/aromatic N) is 5. The fraction of sp³-hybridized carbons (Fsp3) is 0.412. The molecular weight excluding hydrogens is 306 g/mol. The number of para-hydroxylation sites is 1. The summed E-state index contributed by atoms with van der Waals surface area (Å²) in [6.07, 6.45) is 3.72. The van der Waals surface area contributed by atoms with Gasteiger partial charge in [0, 0.05) is 31.3 Å². The highest BCUT2D eigenvalue weighted by atomic mass is 16.5. The third-order valence-corrected chi connectivity index (χ3v) is 4.52. The van der Waals surface area contributed by atoms with Crippen molar-refractivity contribution in [2.75, 3.05) is 13.1 Å². The summed E-state index contributed by atoms with van der Waals surface area (Å²) in [4.78, 5) is 18.9. The van der Waals surface area contributed by atoms with Crippen LogP contribution < -0.4 is 0 Å². The van der Waals surface area contributed by atoms with Crippen molar-refractivity contribution in [3.05, 3.63) is 42.2 Å². The Morgan fingerprint density at radius 2 is 2.25 bits per heavy atom. The number of rotatable bonds is 3. The maximum atomic E-state index is 12.7. The summed E-state index contributed by atoms with van der Waals surface area (Å²) in [5, 5.41) is 9.39. The first-order valence-electron chi connectivity index (χ1n) is 8.19. The summed E-state index contributed by atoms with van der Waals surface area (Å²) in [6, 6.07) is 7.91. The van der Waals surface area contributed by atoms with Gasteiger partial charge in [-0.2, -0.15) is 10.1 Å². The fourth-order valence-electron chi connectivity index (χ4n) is 3.28. The zero-order valence-corrected chi connectivity index (χ0v) is 13.6. The van der Waals surface area contributed by atoms with Gasteiger partial charge in [-0.05, 0) is 18.9 Å². The van der Waals surface area contributed by atoms with E-state index in [-0.39, 0.29) is 18.4 Å². The molecule has 1 atom stereocenters. The van der Waals surface area contributed by atoms with Crippen molar-refractivity contribution in [2.45, 2.75) is 32.2 Å². The molecule has 124 valence electrons. The molecule has 3 heterocycles. The van der Waals surface area contributed by atoms with E-state index in [1.54, 1.807) is 17.8 Å². The van der Waals surface area contributed by atoms with E-state index in [0.29, 0.717) is 18.3 Å². The van der Waals surface area contributed by atoms with Gasteiger partial charge in [0.05, 0.1) is 11.7 Å². The number of carbonyl (C=O) groups excluding carboxylic acids is 1. The van der Waals surface area contributed by atoms with Crippen LogP contribution in [0.3, 0.4) is 0 Å². The van der Waals surface area contributed by atoms with Crippen LogP contribution in [-0.4, -0.2) is 43.8 Å². The monoisotopic (exact) mass is 325 g/mol. The summed E-state index contributed by atoms with van der Waals surface area (Å²) in [6.45, 7) is 3.44. The lowest BCUT2D eigenvalue weighted by molar-refractivity contribution is -0.133. The SMILES string of the molecule is Cc1nc([C@@H]2CCCN(C(=O)Cn3ncc4ccccc43)C2)no1. The average molecular weight is 325 g/mol. The molecule has 0 unspecified atom stereocenters. The maximum Gasteiger partial charge on any atom is 0.244 e. The van der Waals surface area contributed by atoms with Crippen LogP contribution in [0.1, 0.15) is 30.5 Å². The molecular formula is C17H19N5O2. The first-order valence-corrected chi connectivity index (χ1v) is 8.19. The van der Waals surface area contributed by atoms with Crippen LogP contribution in [0.25, 0.3) is 10.9 Å². The lowest BCUT2D eigenvalue weighted by Gasteiger charge is -2.31. The van der Waals surface area contributed by atoms with E-state index >= 15 is 0 Å². The quantitative estimate of drug-likeness (QED) is 0.737. The summed E-state index contributed by atoms with van der Waals surface area (Å²) in [5.74, 6) is 1.49. The molecule has 1 amide bonds. The molecule has 1 fully saturated rings. The van der Waals surface area contributed by atoms with Crippen LogP contribution in [-0.2, 0) is 11.3 Å². The molecule has 0 aliphatic carbocycles. The van der Waals surface area contributed by atoms with Crippen molar-refractivity contribution in [1.82, 2.24) is 24.8 Å². The minimum Gasteiger partial charge on any atom is -0.340 e. The van der Waals surface area contributed by atoms with Gasteiger partial charge in [0.15, 0.2) is 5.82 Å². The second-order valence-electron chi connectivity index (χ2n) is 6.21. The highest BCUT2D eigenvalue weighted by Gasteiger charge is 2.28. The van der Waals surface area contributed by atoms with Crippen LogP contribution in [0.2, 0.25) is 0 Å². The highest BCUT2D eigenvalue weighted by molar-refractivity contribution is 5.82. The first-order chi connectivity index (χ1) is 11.7. The molecule has 4 rings (SSSR count). The Bertz CT molecular complexity index is 869. The van der Waals surface area contributed by atoms with Crippen molar-refractivity contribution in [3.63, 3.8) is 0 Å². The van der Waals surface area contributed by atoms with Gasteiger partial charge in [-0.15, -0.1) is 0 Å². The topological polar surface area (TPSA) is 77.1 Å². The normalized spacial score (nSPS) is 18.2. The molecule has 2 aromatic heterocycles. The number of aromatic nitrogens is 4. The van der Waals surface area contributed by atoms with Crippen LogP contribution in [0.15, 0.2) is 35.0 Å². The molecule has 0 bridgehead atoms. The van der Waals surface area contributed by atoms with E-state index in [9.17, 15) is 4.79 Å². The van der Waals surface area contributed by atoms with E-state index < -0.39 is 0 Å². The van der Waals surface area contributed by atoms with E-state index in [2.05, 4.69) is 15.2 Å². The van der Waals surface area contributed by atoms with Gasteiger partial charge in [0.1, 0.15) is 6.54 Å². The molecule has 0 N–H and O–H groups in total. The van der Waals surface area contributed by atoms with Gasteiger partial charge in [-0.3, -0.25) is 9.48 Å². The van der Waals surface area contributed by atoms with Gasteiger partial charge in [0.2, 0.25) is 11.8 Å². The number of piperidine rings is 1. The number of benzene rings is 1. The van der Waals surface area contributed by atoms with E-state index in [1.165, 1.54) is 0 Å². The highest BCUT2D eigenvalue weighted by Crippen LogP contribution is 2.25. The maximum absolute atomic E-state index is 12.7. The molecule has 1 aromatic carbocycles. The fourth-order valence-corrected chi connectivity index (χ4v) is 3.28. The molecule has 7 nitrogen and oxygen atoms in total. The third kappa shape index (κ3) is 2.77. The molecule has 1 aliphatic rings. The van der Waals surface area contributed by atoms with Crippen LogP contribution in [0.4, 0.5) is 0 Å². The first kappa shape index (κ1) is 14.9. The molecule has 3 aromatic rings. The summed E-state index contributed by atoms with van der Waals surface area (Å²) in [7, 11) is 0. The average Bonchev–Trinajstić information content (AvgIpc) is 3.22. The summed E-state index contributed by atoms with van der Waals surface area (Å²) >= 11 is 0. The van der Waals surface area contributed by atoms with Crippen molar-refractivity contribution in [1.29, 1.82) is 0 Å². The Balaban J connectivity index is 1.48. The predicted molar refractivity (Wildman–Crippen MR) is 87.3 cm³/mol. The summed E-state index contributed by atoms with van der Waals surface area (Å²) in [5.41, 5.74) is 0.980. The van der Waals surface area contributed by atoms with Crippen molar-refractivity contribution >= 4 is 16.8 Å². The van der Waals surface area contributed by atoms with Gasteiger partial charge in [-0.1, -0.05) is 23.4 Å². The molecule has 0 spiro atoms. The van der Waals surface area contributed by atoms with Crippen LogP contribution in [0, 0.1) is 6.92 Å². The Hall–Kier alpha value is -2.70. The third-order valence-electron chi connectivity index (χ3n) is 4.52. The molecule has 0 saturated carbocycles. The number of likely N-dealkylation sites (tertiary alicyclic amines) is 1. The van der Waals surface area contributed by atoms with Gasteiger partial charge >= 0.3 is 0 Å². The molecule has 0 radical (unpaired) electrons. The molecule has 1 saturated heterocycles. The summed E-state index contributed by atoms with van der Waals surface area (Å²) < 4.78 is 6.83. The van der Waals surface area contributed by atoms with E-state index in [4.69, 9.17) is 4.52 Å². The zero-order valence-electron chi connectivity index (χ0n) is 13.6. The second kappa shape index (κ2) is 6.07. The van der Waals surface area contributed by atoms with Gasteiger partial charge in [0.25, 0.3) is 0 Å². The Kier molecular flexibility index (Phi) is 3.76. The Morgan fingerprint density at radius 1 is 1.38 bits per heavy atom. The Labute approximate surface area is 139 Å². The second-order valence-corrected chi connectivity index (χ2v) is 6.21. The minimum atomic E-state index is 0.0776. The largest absolute Gasteiger partial charge is 0.340 e. The number of aryl methyl sites for hydroxylation is 1. The van der Waals surface area contributed by atoms with Crippen molar-refractivity contribution < 1.29 is 9.32 Å². The number of carbonyl (C=O) groups is 1. The molecule has 1 aliphatic heterocycles. The lowest BCUT2D eigenvalue weighted by atomic mass is 9.97. The van der Waals surface area contributed by atoms with Crippen molar-refractivity contribution in [2.24, 2.45) is 0 Å². The van der Waals surface area contributed by atoms with E-state index in [1.807, 2.05) is 29.2 Å². The smallest absolute Gasteiger partial charge is 0.244 e.